The Bertz CT molecular complexity index is 456. The summed E-state index contributed by atoms with van der Waals surface area (Å²) in [5.74, 6) is -0.0233. The van der Waals surface area contributed by atoms with Crippen molar-refractivity contribution in [1.82, 2.24) is 5.32 Å². The molecule has 3 nitrogen and oxygen atoms in total. The minimum atomic E-state index is -2.96. The Balaban J connectivity index is 2.74. The average molecular weight is 273 g/mol. The van der Waals surface area contributed by atoms with Crippen molar-refractivity contribution >= 4 is 9.84 Å². The molecule has 1 N–H and O–H groups in total. The smallest absolute Gasteiger partial charge is 0.147 e. The number of hydrogen-bond acceptors (Lipinski definition) is 3. The van der Waals surface area contributed by atoms with Crippen LogP contribution in [0.5, 0.6) is 0 Å². The Hall–Kier alpha value is -0.940. The van der Waals surface area contributed by atoms with Crippen molar-refractivity contribution in [3.8, 4) is 0 Å². The standard InChI is InChI=1S/C13H20FNO2S/c1-3-15-10-12(8-9-18(2,16)17)11-4-6-13(14)7-5-11/h4-7,12,15H,3,8-10H2,1-2H3. The molecule has 0 saturated heterocycles. The number of sulfone groups is 1. The van der Waals surface area contributed by atoms with Gasteiger partial charge in [0.05, 0.1) is 5.75 Å². The molecule has 1 aromatic carbocycles. The molecule has 1 unspecified atom stereocenters. The lowest BCUT2D eigenvalue weighted by molar-refractivity contribution is 0.564. The molecule has 0 heterocycles. The molecular weight excluding hydrogens is 253 g/mol. The van der Waals surface area contributed by atoms with Gasteiger partial charge >= 0.3 is 0 Å². The van der Waals surface area contributed by atoms with E-state index in [1.165, 1.54) is 18.4 Å². The number of halogens is 1. The molecule has 0 saturated carbocycles. The first-order valence-electron chi connectivity index (χ1n) is 6.06. The fraction of sp³-hybridized carbons (Fsp3) is 0.538. The Morgan fingerprint density at radius 2 is 1.89 bits per heavy atom. The van der Waals surface area contributed by atoms with Crippen LogP contribution in [0.15, 0.2) is 24.3 Å². The van der Waals surface area contributed by atoms with E-state index < -0.39 is 9.84 Å². The van der Waals surface area contributed by atoms with Crippen molar-refractivity contribution in [2.45, 2.75) is 19.3 Å². The average Bonchev–Trinajstić information content (AvgIpc) is 2.29. The normalized spacial score (nSPS) is 13.5. The topological polar surface area (TPSA) is 46.2 Å². The molecule has 0 spiro atoms. The quantitative estimate of drug-likeness (QED) is 0.826. The van der Waals surface area contributed by atoms with Gasteiger partial charge in [-0.25, -0.2) is 12.8 Å². The zero-order chi connectivity index (χ0) is 13.6. The molecule has 0 aliphatic rings. The lowest BCUT2D eigenvalue weighted by atomic mass is 9.96. The van der Waals surface area contributed by atoms with Gasteiger partial charge < -0.3 is 5.32 Å². The van der Waals surface area contributed by atoms with Crippen LogP contribution in [0.25, 0.3) is 0 Å². The fourth-order valence-electron chi connectivity index (χ4n) is 1.80. The molecule has 1 rings (SSSR count). The highest BCUT2D eigenvalue weighted by atomic mass is 32.2. The first-order valence-corrected chi connectivity index (χ1v) is 8.12. The summed E-state index contributed by atoms with van der Waals surface area (Å²) in [4.78, 5) is 0. The molecule has 102 valence electrons. The molecule has 5 heteroatoms. The second-order valence-corrected chi connectivity index (χ2v) is 6.73. The van der Waals surface area contributed by atoms with E-state index in [1.807, 2.05) is 6.92 Å². The first kappa shape index (κ1) is 15.1. The van der Waals surface area contributed by atoms with Crippen LogP contribution in [0.4, 0.5) is 4.39 Å². The largest absolute Gasteiger partial charge is 0.316 e. The molecule has 0 aliphatic heterocycles. The summed E-state index contributed by atoms with van der Waals surface area (Å²) in [6, 6.07) is 6.27. The lowest BCUT2D eigenvalue weighted by Crippen LogP contribution is -2.23. The van der Waals surface area contributed by atoms with Crippen molar-refractivity contribution in [2.75, 3.05) is 25.1 Å². The molecule has 0 radical (unpaired) electrons. The van der Waals surface area contributed by atoms with Crippen LogP contribution in [0, 0.1) is 5.82 Å². The van der Waals surface area contributed by atoms with Gasteiger partial charge in [-0.15, -0.1) is 0 Å². The zero-order valence-corrected chi connectivity index (χ0v) is 11.6. The predicted molar refractivity (Wildman–Crippen MR) is 72.0 cm³/mol. The SMILES string of the molecule is CCNCC(CCS(C)(=O)=O)c1ccc(F)cc1. The molecule has 1 atom stereocenters. The van der Waals surface area contributed by atoms with Crippen LogP contribution >= 0.6 is 0 Å². The monoisotopic (exact) mass is 273 g/mol. The summed E-state index contributed by atoms with van der Waals surface area (Å²) in [6.45, 7) is 3.53. The Morgan fingerprint density at radius 3 is 2.39 bits per heavy atom. The first-order chi connectivity index (χ1) is 8.42. The van der Waals surface area contributed by atoms with E-state index in [0.29, 0.717) is 13.0 Å². The number of nitrogens with one attached hydrogen (secondary N) is 1. The van der Waals surface area contributed by atoms with E-state index in [-0.39, 0.29) is 17.5 Å². The lowest BCUT2D eigenvalue weighted by Gasteiger charge is -2.17. The van der Waals surface area contributed by atoms with Gasteiger partial charge in [-0.3, -0.25) is 0 Å². The number of hydrogen-bond donors (Lipinski definition) is 1. The van der Waals surface area contributed by atoms with E-state index in [0.717, 1.165) is 12.1 Å². The molecule has 0 aromatic heterocycles. The van der Waals surface area contributed by atoms with Crippen molar-refractivity contribution in [2.24, 2.45) is 0 Å². The number of likely N-dealkylation sites (N-methyl/N-ethyl adjacent to an activating group) is 1. The Kier molecular flexibility index (Phi) is 5.75. The van der Waals surface area contributed by atoms with Gasteiger partial charge in [0.25, 0.3) is 0 Å². The van der Waals surface area contributed by atoms with Gasteiger partial charge in [0.2, 0.25) is 0 Å². The zero-order valence-electron chi connectivity index (χ0n) is 10.8. The van der Waals surface area contributed by atoms with Crippen molar-refractivity contribution in [3.63, 3.8) is 0 Å². The molecular formula is C13H20FNO2S. The van der Waals surface area contributed by atoms with Gasteiger partial charge in [0.1, 0.15) is 15.7 Å². The second-order valence-electron chi connectivity index (χ2n) is 4.47. The van der Waals surface area contributed by atoms with E-state index in [2.05, 4.69) is 5.32 Å². The van der Waals surface area contributed by atoms with E-state index in [4.69, 9.17) is 0 Å². The summed E-state index contributed by atoms with van der Waals surface area (Å²) in [5, 5.41) is 3.21. The number of benzene rings is 1. The summed E-state index contributed by atoms with van der Waals surface area (Å²) in [6.07, 6.45) is 1.79. The minimum absolute atomic E-state index is 0.0975. The summed E-state index contributed by atoms with van der Waals surface area (Å²) >= 11 is 0. The molecule has 0 aliphatic carbocycles. The van der Waals surface area contributed by atoms with E-state index in [9.17, 15) is 12.8 Å². The van der Waals surface area contributed by atoms with Crippen LogP contribution < -0.4 is 5.32 Å². The van der Waals surface area contributed by atoms with Gasteiger partial charge in [-0.2, -0.15) is 0 Å². The summed E-state index contributed by atoms with van der Waals surface area (Å²) < 4.78 is 35.3. The fourth-order valence-corrected chi connectivity index (χ4v) is 2.51. The third-order valence-corrected chi connectivity index (χ3v) is 3.80. The molecule has 0 fully saturated rings. The maximum atomic E-state index is 12.9. The van der Waals surface area contributed by atoms with Gasteiger partial charge in [-0.1, -0.05) is 19.1 Å². The molecule has 18 heavy (non-hydrogen) atoms. The minimum Gasteiger partial charge on any atom is -0.316 e. The summed E-state index contributed by atoms with van der Waals surface area (Å²) in [7, 11) is -2.96. The Morgan fingerprint density at radius 1 is 1.28 bits per heavy atom. The van der Waals surface area contributed by atoms with Crippen LogP contribution in [-0.2, 0) is 9.84 Å². The highest BCUT2D eigenvalue weighted by molar-refractivity contribution is 7.90. The molecule has 0 bridgehead atoms. The van der Waals surface area contributed by atoms with Crippen LogP contribution in [-0.4, -0.2) is 33.5 Å². The van der Waals surface area contributed by atoms with Gasteiger partial charge in [-0.05, 0) is 36.6 Å². The predicted octanol–water partition coefficient (Wildman–Crippen LogP) is 1.95. The van der Waals surface area contributed by atoms with Gasteiger partial charge in [0.15, 0.2) is 0 Å². The molecule has 1 aromatic rings. The van der Waals surface area contributed by atoms with Crippen molar-refractivity contribution < 1.29 is 12.8 Å². The van der Waals surface area contributed by atoms with Gasteiger partial charge in [0, 0.05) is 12.8 Å². The van der Waals surface area contributed by atoms with Crippen molar-refractivity contribution in [3.05, 3.63) is 35.6 Å². The van der Waals surface area contributed by atoms with Crippen LogP contribution in [0.1, 0.15) is 24.8 Å². The third-order valence-electron chi connectivity index (χ3n) is 2.82. The number of rotatable bonds is 7. The summed E-state index contributed by atoms with van der Waals surface area (Å²) in [5.41, 5.74) is 0.973. The third kappa shape index (κ3) is 5.60. The van der Waals surface area contributed by atoms with E-state index >= 15 is 0 Å². The van der Waals surface area contributed by atoms with Crippen molar-refractivity contribution in [1.29, 1.82) is 0 Å². The Labute approximate surface area is 108 Å². The highest BCUT2D eigenvalue weighted by Crippen LogP contribution is 2.20. The highest BCUT2D eigenvalue weighted by Gasteiger charge is 2.14. The van der Waals surface area contributed by atoms with Crippen LogP contribution in [0.2, 0.25) is 0 Å². The van der Waals surface area contributed by atoms with E-state index in [1.54, 1.807) is 12.1 Å². The van der Waals surface area contributed by atoms with Crippen LogP contribution in [0.3, 0.4) is 0 Å². The second kappa shape index (κ2) is 6.85. The maximum absolute atomic E-state index is 12.9. The molecule has 0 amide bonds. The maximum Gasteiger partial charge on any atom is 0.147 e.